The lowest BCUT2D eigenvalue weighted by Crippen LogP contribution is -2.50. The Morgan fingerprint density at radius 3 is 2.80 bits per heavy atom. The van der Waals surface area contributed by atoms with Crippen LogP contribution in [-0.2, 0) is 11.8 Å². The number of morpholine rings is 1. The summed E-state index contributed by atoms with van der Waals surface area (Å²) in [7, 11) is 2.01. The van der Waals surface area contributed by atoms with Crippen molar-refractivity contribution in [1.29, 1.82) is 0 Å². The molecule has 1 aliphatic carbocycles. The van der Waals surface area contributed by atoms with Crippen molar-refractivity contribution in [1.82, 2.24) is 9.47 Å². The molecule has 0 N–H and O–H groups in total. The number of carbonyl (C=O) groups is 1. The van der Waals surface area contributed by atoms with Crippen LogP contribution in [0.25, 0.3) is 10.9 Å². The molecular formula is C21H28N2O2. The Kier molecular flexibility index (Phi) is 4.55. The molecule has 1 amide bonds. The van der Waals surface area contributed by atoms with Crippen LogP contribution in [0.4, 0.5) is 0 Å². The Hall–Kier alpha value is -1.81. The monoisotopic (exact) mass is 340 g/mol. The van der Waals surface area contributed by atoms with Gasteiger partial charge in [-0.3, -0.25) is 4.79 Å². The molecule has 2 aromatic rings. The first-order valence-electron chi connectivity index (χ1n) is 9.66. The fourth-order valence-corrected chi connectivity index (χ4v) is 4.04. The van der Waals surface area contributed by atoms with E-state index in [0.717, 1.165) is 36.0 Å². The molecule has 0 bridgehead atoms. The van der Waals surface area contributed by atoms with E-state index in [1.807, 2.05) is 25.4 Å². The summed E-state index contributed by atoms with van der Waals surface area (Å²) in [6, 6.07) is 8.16. The van der Waals surface area contributed by atoms with Gasteiger partial charge in [-0.25, -0.2) is 0 Å². The summed E-state index contributed by atoms with van der Waals surface area (Å²) in [6.07, 6.45) is 8.30. The van der Waals surface area contributed by atoms with Gasteiger partial charge < -0.3 is 14.2 Å². The third-order valence-corrected chi connectivity index (χ3v) is 5.63. The number of rotatable bonds is 5. The molecule has 4 nitrogen and oxygen atoms in total. The van der Waals surface area contributed by atoms with Crippen LogP contribution in [0.5, 0.6) is 0 Å². The molecule has 0 spiro atoms. The lowest BCUT2D eigenvalue weighted by molar-refractivity contribution is -0.0874. The Morgan fingerprint density at radius 2 is 2.04 bits per heavy atom. The second-order valence-corrected chi connectivity index (χ2v) is 7.66. The van der Waals surface area contributed by atoms with E-state index >= 15 is 0 Å². The molecular weight excluding hydrogens is 312 g/mol. The number of para-hydroxylation sites is 1. The van der Waals surface area contributed by atoms with Gasteiger partial charge in [0.25, 0.3) is 5.91 Å². The van der Waals surface area contributed by atoms with E-state index < -0.39 is 0 Å². The van der Waals surface area contributed by atoms with Crippen LogP contribution in [0.15, 0.2) is 30.5 Å². The molecule has 2 aliphatic rings. The predicted molar refractivity (Wildman–Crippen MR) is 99.7 cm³/mol. The number of aryl methyl sites for hydroxylation is 1. The van der Waals surface area contributed by atoms with Crippen LogP contribution >= 0.6 is 0 Å². The molecule has 0 radical (unpaired) electrons. The van der Waals surface area contributed by atoms with Gasteiger partial charge in [0.15, 0.2) is 0 Å². The molecule has 2 fully saturated rings. The van der Waals surface area contributed by atoms with Crippen molar-refractivity contribution in [2.24, 2.45) is 13.0 Å². The van der Waals surface area contributed by atoms with Gasteiger partial charge in [-0.15, -0.1) is 0 Å². The topological polar surface area (TPSA) is 34.5 Å². The smallest absolute Gasteiger partial charge is 0.256 e. The molecule has 0 unspecified atom stereocenters. The highest BCUT2D eigenvalue weighted by Crippen LogP contribution is 2.37. The molecule has 2 atom stereocenters. The van der Waals surface area contributed by atoms with Gasteiger partial charge >= 0.3 is 0 Å². The maximum absolute atomic E-state index is 13.3. The molecule has 4 rings (SSSR count). The largest absolute Gasteiger partial charge is 0.371 e. The van der Waals surface area contributed by atoms with E-state index in [-0.39, 0.29) is 18.1 Å². The van der Waals surface area contributed by atoms with Gasteiger partial charge in [0, 0.05) is 37.2 Å². The van der Waals surface area contributed by atoms with E-state index in [9.17, 15) is 4.79 Å². The number of ether oxygens (including phenoxy) is 1. The van der Waals surface area contributed by atoms with Crippen LogP contribution in [0.2, 0.25) is 0 Å². The van der Waals surface area contributed by atoms with Crippen LogP contribution in [0.1, 0.15) is 49.4 Å². The second kappa shape index (κ2) is 6.83. The zero-order valence-corrected chi connectivity index (χ0v) is 15.3. The highest BCUT2D eigenvalue weighted by molar-refractivity contribution is 6.07. The second-order valence-electron chi connectivity index (χ2n) is 7.66. The van der Waals surface area contributed by atoms with Crippen molar-refractivity contribution in [2.45, 2.75) is 51.2 Å². The number of hydrogen-bond donors (Lipinski definition) is 0. The van der Waals surface area contributed by atoms with Gasteiger partial charge in [-0.05, 0) is 31.2 Å². The lowest BCUT2D eigenvalue weighted by atomic mass is 10.1. The quantitative estimate of drug-likeness (QED) is 0.825. The van der Waals surface area contributed by atoms with E-state index in [0.29, 0.717) is 5.92 Å². The molecule has 1 saturated carbocycles. The van der Waals surface area contributed by atoms with Gasteiger partial charge in [0.2, 0.25) is 0 Å². The molecule has 25 heavy (non-hydrogen) atoms. The van der Waals surface area contributed by atoms with Crippen LogP contribution < -0.4 is 0 Å². The summed E-state index contributed by atoms with van der Waals surface area (Å²) in [4.78, 5) is 15.3. The first kappa shape index (κ1) is 16.6. The Balaban J connectivity index is 1.58. The minimum Gasteiger partial charge on any atom is -0.371 e. The number of hydrogen-bond acceptors (Lipinski definition) is 2. The first-order chi connectivity index (χ1) is 12.2. The standard InChI is InChI=1S/C21H28N2O2/c1-3-4-7-16-12-23(14-20(25-16)15-10-11-15)21(24)18-13-22(2)19-9-6-5-8-17(18)19/h5-6,8-9,13,15-16,20H,3-4,7,10-12,14H2,1-2H3/t16-,20-/m1/s1. The van der Waals surface area contributed by atoms with Crippen molar-refractivity contribution in [3.8, 4) is 0 Å². The van der Waals surface area contributed by atoms with Crippen molar-refractivity contribution >= 4 is 16.8 Å². The first-order valence-corrected chi connectivity index (χ1v) is 9.66. The zero-order chi connectivity index (χ0) is 17.4. The fourth-order valence-electron chi connectivity index (χ4n) is 4.04. The Bertz CT molecular complexity index is 762. The van der Waals surface area contributed by atoms with Gasteiger partial charge in [0.1, 0.15) is 0 Å². The molecule has 2 heterocycles. The molecule has 1 aromatic heterocycles. The normalized spacial score (nSPS) is 24.0. The lowest BCUT2D eigenvalue weighted by Gasteiger charge is -2.38. The van der Waals surface area contributed by atoms with Crippen LogP contribution in [0, 0.1) is 5.92 Å². The molecule has 4 heteroatoms. The SMILES string of the molecule is CCCC[C@@H]1CN(C(=O)c2cn(C)c3ccccc23)C[C@H](C2CC2)O1. The molecule has 134 valence electrons. The highest BCUT2D eigenvalue weighted by atomic mass is 16.5. The average molecular weight is 340 g/mol. The zero-order valence-electron chi connectivity index (χ0n) is 15.3. The van der Waals surface area contributed by atoms with Crippen molar-refractivity contribution < 1.29 is 9.53 Å². The van der Waals surface area contributed by atoms with Crippen LogP contribution in [-0.4, -0.2) is 40.7 Å². The summed E-state index contributed by atoms with van der Waals surface area (Å²) >= 11 is 0. The minimum absolute atomic E-state index is 0.159. The summed E-state index contributed by atoms with van der Waals surface area (Å²) in [5, 5.41) is 1.05. The summed E-state index contributed by atoms with van der Waals surface area (Å²) in [5.41, 5.74) is 1.93. The number of unbranched alkanes of at least 4 members (excludes halogenated alkanes) is 1. The summed E-state index contributed by atoms with van der Waals surface area (Å²) in [6.45, 7) is 3.68. The summed E-state index contributed by atoms with van der Waals surface area (Å²) in [5.74, 6) is 0.819. The van der Waals surface area contributed by atoms with Gasteiger partial charge in [-0.1, -0.05) is 38.0 Å². The third-order valence-electron chi connectivity index (χ3n) is 5.63. The highest BCUT2D eigenvalue weighted by Gasteiger charge is 2.39. The van der Waals surface area contributed by atoms with E-state index in [1.54, 1.807) is 0 Å². The Morgan fingerprint density at radius 1 is 1.24 bits per heavy atom. The number of carbonyl (C=O) groups excluding carboxylic acids is 1. The third kappa shape index (κ3) is 3.32. The maximum Gasteiger partial charge on any atom is 0.256 e. The Labute approximate surface area is 149 Å². The fraction of sp³-hybridized carbons (Fsp3) is 0.571. The predicted octanol–water partition coefficient (Wildman–Crippen LogP) is 3.99. The van der Waals surface area contributed by atoms with Gasteiger partial charge in [0.05, 0.1) is 17.8 Å². The maximum atomic E-state index is 13.3. The number of amides is 1. The van der Waals surface area contributed by atoms with Crippen molar-refractivity contribution in [2.75, 3.05) is 13.1 Å². The number of benzene rings is 1. The minimum atomic E-state index is 0.159. The van der Waals surface area contributed by atoms with Crippen molar-refractivity contribution in [3.05, 3.63) is 36.0 Å². The number of nitrogens with zero attached hydrogens (tertiary/aromatic N) is 2. The molecule has 1 saturated heterocycles. The van der Waals surface area contributed by atoms with Crippen molar-refractivity contribution in [3.63, 3.8) is 0 Å². The average Bonchev–Trinajstić information content (AvgIpc) is 3.44. The number of fused-ring (bicyclic) bond motifs is 1. The van der Waals surface area contributed by atoms with Gasteiger partial charge in [-0.2, -0.15) is 0 Å². The van der Waals surface area contributed by atoms with Crippen LogP contribution in [0.3, 0.4) is 0 Å². The molecule has 1 aromatic carbocycles. The molecule has 1 aliphatic heterocycles. The van der Waals surface area contributed by atoms with E-state index in [1.165, 1.54) is 25.7 Å². The van der Waals surface area contributed by atoms with E-state index in [4.69, 9.17) is 4.74 Å². The summed E-state index contributed by atoms with van der Waals surface area (Å²) < 4.78 is 8.37. The number of aromatic nitrogens is 1. The van der Waals surface area contributed by atoms with E-state index in [2.05, 4.69) is 28.5 Å².